The predicted octanol–water partition coefficient (Wildman–Crippen LogP) is 3.98. The minimum atomic E-state index is -1.02. The van der Waals surface area contributed by atoms with Gasteiger partial charge < -0.3 is 10.1 Å². The van der Waals surface area contributed by atoms with E-state index in [1.165, 1.54) is 0 Å². The standard InChI is InChI=1S/C18H22FNO/c1-14-8-10-15(11-9-14)17(19)12-20-18(13-21-2)16-6-4-3-5-7-16/h3-11,17-18,20H,12-13H2,1-2H3/t17-,18-/m0/s1. The molecule has 2 nitrogen and oxygen atoms in total. The van der Waals surface area contributed by atoms with Gasteiger partial charge in [-0.2, -0.15) is 0 Å². The number of benzene rings is 2. The zero-order chi connectivity index (χ0) is 15.1. The van der Waals surface area contributed by atoms with Crippen LogP contribution in [0.2, 0.25) is 0 Å². The van der Waals surface area contributed by atoms with Crippen LogP contribution in [0.5, 0.6) is 0 Å². The maximum absolute atomic E-state index is 14.3. The van der Waals surface area contributed by atoms with Crippen molar-refractivity contribution in [3.8, 4) is 0 Å². The van der Waals surface area contributed by atoms with Gasteiger partial charge in [-0.25, -0.2) is 4.39 Å². The van der Waals surface area contributed by atoms with Crippen LogP contribution >= 0.6 is 0 Å². The second-order valence-electron chi connectivity index (χ2n) is 5.21. The van der Waals surface area contributed by atoms with Gasteiger partial charge in [-0.05, 0) is 18.1 Å². The Morgan fingerprint density at radius 1 is 1.00 bits per heavy atom. The van der Waals surface area contributed by atoms with Crippen molar-refractivity contribution in [1.82, 2.24) is 5.32 Å². The van der Waals surface area contributed by atoms with Crippen molar-refractivity contribution in [2.45, 2.75) is 19.1 Å². The average Bonchev–Trinajstić information content (AvgIpc) is 2.52. The molecule has 21 heavy (non-hydrogen) atoms. The van der Waals surface area contributed by atoms with Gasteiger partial charge in [0.05, 0.1) is 12.6 Å². The first-order valence-electron chi connectivity index (χ1n) is 7.18. The summed E-state index contributed by atoms with van der Waals surface area (Å²) in [5.41, 5.74) is 2.95. The number of methoxy groups -OCH3 is 1. The Hall–Kier alpha value is -1.71. The van der Waals surface area contributed by atoms with Crippen LogP contribution in [-0.2, 0) is 4.74 Å². The Kier molecular flexibility index (Phi) is 5.90. The van der Waals surface area contributed by atoms with Crippen LogP contribution in [0.15, 0.2) is 54.6 Å². The summed E-state index contributed by atoms with van der Waals surface area (Å²) in [6.45, 7) is 2.79. The number of halogens is 1. The summed E-state index contributed by atoms with van der Waals surface area (Å²) in [7, 11) is 1.66. The van der Waals surface area contributed by atoms with E-state index in [1.807, 2.05) is 61.5 Å². The number of ether oxygens (including phenoxy) is 1. The van der Waals surface area contributed by atoms with Gasteiger partial charge >= 0.3 is 0 Å². The van der Waals surface area contributed by atoms with Crippen LogP contribution in [0, 0.1) is 6.92 Å². The summed E-state index contributed by atoms with van der Waals surface area (Å²) >= 11 is 0. The zero-order valence-electron chi connectivity index (χ0n) is 12.6. The fourth-order valence-corrected chi connectivity index (χ4v) is 2.26. The van der Waals surface area contributed by atoms with Crippen molar-refractivity contribution in [3.05, 3.63) is 71.3 Å². The third-order valence-electron chi connectivity index (χ3n) is 3.52. The van der Waals surface area contributed by atoms with Gasteiger partial charge in [0, 0.05) is 13.7 Å². The Morgan fingerprint density at radius 2 is 1.67 bits per heavy atom. The number of alkyl halides is 1. The topological polar surface area (TPSA) is 21.3 Å². The van der Waals surface area contributed by atoms with E-state index in [-0.39, 0.29) is 12.6 Å². The van der Waals surface area contributed by atoms with E-state index in [2.05, 4.69) is 5.32 Å². The smallest absolute Gasteiger partial charge is 0.138 e. The molecule has 0 spiro atoms. The lowest BCUT2D eigenvalue weighted by Gasteiger charge is -2.20. The van der Waals surface area contributed by atoms with E-state index in [0.29, 0.717) is 12.2 Å². The number of aryl methyl sites for hydroxylation is 1. The molecule has 0 aliphatic rings. The minimum absolute atomic E-state index is 0.0000941. The molecule has 0 aliphatic heterocycles. The molecule has 0 amide bonds. The van der Waals surface area contributed by atoms with Gasteiger partial charge in [-0.15, -0.1) is 0 Å². The van der Waals surface area contributed by atoms with Crippen LogP contribution in [0.1, 0.15) is 28.9 Å². The van der Waals surface area contributed by atoms with Crippen LogP contribution in [-0.4, -0.2) is 20.3 Å². The number of hydrogen-bond acceptors (Lipinski definition) is 2. The van der Waals surface area contributed by atoms with E-state index in [9.17, 15) is 4.39 Å². The molecule has 0 fully saturated rings. The number of nitrogens with one attached hydrogen (secondary N) is 1. The number of hydrogen-bond donors (Lipinski definition) is 1. The van der Waals surface area contributed by atoms with Gasteiger partial charge in [0.1, 0.15) is 6.17 Å². The zero-order valence-corrected chi connectivity index (χ0v) is 12.6. The Labute approximate surface area is 126 Å². The first-order chi connectivity index (χ1) is 10.2. The van der Waals surface area contributed by atoms with Crippen LogP contribution in [0.3, 0.4) is 0 Å². The molecule has 1 N–H and O–H groups in total. The lowest BCUT2D eigenvalue weighted by atomic mass is 10.1. The molecule has 0 saturated carbocycles. The molecule has 0 radical (unpaired) electrons. The molecule has 3 heteroatoms. The van der Waals surface area contributed by atoms with Crippen molar-refractivity contribution < 1.29 is 9.13 Å². The normalized spacial score (nSPS) is 13.9. The van der Waals surface area contributed by atoms with Crippen LogP contribution < -0.4 is 5.32 Å². The van der Waals surface area contributed by atoms with E-state index >= 15 is 0 Å². The molecule has 0 heterocycles. The first kappa shape index (κ1) is 15.7. The quantitative estimate of drug-likeness (QED) is 0.831. The number of rotatable bonds is 7. The highest BCUT2D eigenvalue weighted by molar-refractivity contribution is 5.24. The Bertz CT molecular complexity index is 527. The third kappa shape index (κ3) is 4.66. The van der Waals surface area contributed by atoms with Gasteiger partial charge in [0.2, 0.25) is 0 Å². The minimum Gasteiger partial charge on any atom is -0.383 e. The molecule has 112 valence electrons. The molecule has 2 aromatic carbocycles. The molecule has 2 aromatic rings. The highest BCUT2D eigenvalue weighted by atomic mass is 19.1. The summed E-state index contributed by atoms with van der Waals surface area (Å²) in [4.78, 5) is 0. The van der Waals surface area contributed by atoms with E-state index in [0.717, 1.165) is 11.1 Å². The molecule has 2 rings (SSSR count). The van der Waals surface area contributed by atoms with Crippen molar-refractivity contribution in [2.24, 2.45) is 0 Å². The predicted molar refractivity (Wildman–Crippen MR) is 84.1 cm³/mol. The van der Waals surface area contributed by atoms with Gasteiger partial charge in [0.15, 0.2) is 0 Å². The van der Waals surface area contributed by atoms with Crippen molar-refractivity contribution in [2.75, 3.05) is 20.3 Å². The lowest BCUT2D eigenvalue weighted by Crippen LogP contribution is -2.28. The second-order valence-corrected chi connectivity index (χ2v) is 5.21. The molecule has 0 aromatic heterocycles. The van der Waals surface area contributed by atoms with Gasteiger partial charge in [-0.1, -0.05) is 60.2 Å². The van der Waals surface area contributed by atoms with Crippen molar-refractivity contribution >= 4 is 0 Å². The largest absolute Gasteiger partial charge is 0.383 e. The maximum atomic E-state index is 14.3. The summed E-state index contributed by atoms with van der Waals surface area (Å²) in [5, 5.41) is 3.25. The third-order valence-corrected chi connectivity index (χ3v) is 3.52. The second kappa shape index (κ2) is 7.91. The van der Waals surface area contributed by atoms with Gasteiger partial charge in [-0.3, -0.25) is 0 Å². The molecular formula is C18H22FNO. The maximum Gasteiger partial charge on any atom is 0.138 e. The Balaban J connectivity index is 1.97. The summed E-state index contributed by atoms with van der Waals surface area (Å²) in [6.07, 6.45) is -1.02. The Morgan fingerprint density at radius 3 is 2.29 bits per heavy atom. The van der Waals surface area contributed by atoms with Crippen molar-refractivity contribution in [3.63, 3.8) is 0 Å². The fraction of sp³-hybridized carbons (Fsp3) is 0.333. The monoisotopic (exact) mass is 287 g/mol. The van der Waals surface area contributed by atoms with Crippen LogP contribution in [0.4, 0.5) is 4.39 Å². The summed E-state index contributed by atoms with van der Waals surface area (Å²) in [6, 6.07) is 17.5. The van der Waals surface area contributed by atoms with Gasteiger partial charge in [0.25, 0.3) is 0 Å². The molecule has 0 aliphatic carbocycles. The lowest BCUT2D eigenvalue weighted by molar-refractivity contribution is 0.161. The van der Waals surface area contributed by atoms with Crippen LogP contribution in [0.25, 0.3) is 0 Å². The van der Waals surface area contributed by atoms with E-state index < -0.39 is 6.17 Å². The van der Waals surface area contributed by atoms with E-state index in [1.54, 1.807) is 7.11 Å². The van der Waals surface area contributed by atoms with Crippen molar-refractivity contribution in [1.29, 1.82) is 0 Å². The highest BCUT2D eigenvalue weighted by Crippen LogP contribution is 2.19. The summed E-state index contributed by atoms with van der Waals surface area (Å²) in [5.74, 6) is 0. The molecular weight excluding hydrogens is 265 g/mol. The summed E-state index contributed by atoms with van der Waals surface area (Å²) < 4.78 is 19.5. The fourth-order valence-electron chi connectivity index (χ4n) is 2.26. The first-order valence-corrected chi connectivity index (χ1v) is 7.18. The molecule has 2 atom stereocenters. The highest BCUT2D eigenvalue weighted by Gasteiger charge is 2.15. The molecule has 0 bridgehead atoms. The average molecular weight is 287 g/mol. The molecule has 0 saturated heterocycles. The van der Waals surface area contributed by atoms with E-state index in [4.69, 9.17) is 4.74 Å². The molecule has 0 unspecified atom stereocenters. The SMILES string of the molecule is COC[C@H](NC[C@H](F)c1ccc(C)cc1)c1ccccc1.